The second kappa shape index (κ2) is 6.43. The van der Waals surface area contributed by atoms with Crippen LogP contribution in [-0.4, -0.2) is 52.5 Å². The maximum absolute atomic E-state index is 5.82. The molecule has 0 bridgehead atoms. The highest BCUT2D eigenvalue weighted by Gasteiger charge is 2.22. The molecule has 3 heterocycles. The highest BCUT2D eigenvalue weighted by molar-refractivity contribution is 7.13. The van der Waals surface area contributed by atoms with Crippen molar-refractivity contribution in [1.82, 2.24) is 20.2 Å². The zero-order chi connectivity index (χ0) is 15.5. The molecule has 0 unspecified atom stereocenters. The van der Waals surface area contributed by atoms with E-state index in [2.05, 4.69) is 30.4 Å². The normalized spacial score (nSPS) is 18.3. The van der Waals surface area contributed by atoms with E-state index in [0.717, 1.165) is 35.1 Å². The number of aromatic nitrogens is 4. The van der Waals surface area contributed by atoms with E-state index in [1.54, 1.807) is 23.0 Å². The first-order valence-electron chi connectivity index (χ1n) is 7.47. The first-order chi connectivity index (χ1) is 11.4. The lowest BCUT2D eigenvalue weighted by Crippen LogP contribution is -2.45. The third kappa shape index (κ3) is 3.22. The van der Waals surface area contributed by atoms with Gasteiger partial charge in [-0.05, 0) is 12.1 Å². The summed E-state index contributed by atoms with van der Waals surface area (Å²) in [6, 6.07) is 7.84. The van der Waals surface area contributed by atoms with Gasteiger partial charge in [-0.3, -0.25) is 4.98 Å². The van der Waals surface area contributed by atoms with Gasteiger partial charge in [-0.15, -0.1) is 10.2 Å². The molecule has 118 valence electrons. The molecule has 3 aromatic rings. The number of nitrogens with zero attached hydrogens (tertiary/aromatic N) is 5. The van der Waals surface area contributed by atoms with Crippen molar-refractivity contribution in [3.05, 3.63) is 36.0 Å². The Kier molecular flexibility index (Phi) is 3.99. The van der Waals surface area contributed by atoms with Gasteiger partial charge in [0.05, 0.1) is 29.9 Å². The standard InChI is InChI=1S/C15H16N6OS/c1-2-4-13-12(3-1)16-8-14(19-13)17-7-11-9-21(5-6-22-11)15-20-18-10-23-15/h1-4,8,10-11H,5-7,9H2,(H,17,19)/t11-/m1/s1. The Balaban J connectivity index is 1.39. The number of fused-ring (bicyclic) bond motifs is 1. The number of hydrogen-bond donors (Lipinski definition) is 1. The number of morpholine rings is 1. The predicted molar refractivity (Wildman–Crippen MR) is 89.9 cm³/mol. The van der Waals surface area contributed by atoms with Gasteiger partial charge < -0.3 is 15.0 Å². The van der Waals surface area contributed by atoms with Crippen molar-refractivity contribution in [2.45, 2.75) is 6.10 Å². The smallest absolute Gasteiger partial charge is 0.208 e. The van der Waals surface area contributed by atoms with Crippen LogP contribution in [0, 0.1) is 0 Å². The molecule has 0 aliphatic carbocycles. The Morgan fingerprint density at radius 1 is 1.30 bits per heavy atom. The Hall–Kier alpha value is -2.32. The quantitative estimate of drug-likeness (QED) is 0.782. The minimum Gasteiger partial charge on any atom is -0.373 e. The summed E-state index contributed by atoms with van der Waals surface area (Å²) in [5.74, 6) is 0.764. The fourth-order valence-electron chi connectivity index (χ4n) is 2.58. The van der Waals surface area contributed by atoms with Gasteiger partial charge in [-0.25, -0.2) is 4.98 Å². The second-order valence-electron chi connectivity index (χ2n) is 5.28. The van der Waals surface area contributed by atoms with Crippen LogP contribution in [0.25, 0.3) is 11.0 Å². The van der Waals surface area contributed by atoms with Crippen LogP contribution < -0.4 is 10.2 Å². The van der Waals surface area contributed by atoms with Crippen LogP contribution in [-0.2, 0) is 4.74 Å². The molecule has 1 fully saturated rings. The summed E-state index contributed by atoms with van der Waals surface area (Å²) in [5, 5.41) is 12.3. The molecule has 1 saturated heterocycles. The number of benzene rings is 1. The number of para-hydroxylation sites is 2. The molecule has 1 atom stereocenters. The second-order valence-corrected chi connectivity index (χ2v) is 6.10. The Bertz CT molecular complexity index is 780. The van der Waals surface area contributed by atoms with Crippen molar-refractivity contribution in [3.63, 3.8) is 0 Å². The number of rotatable bonds is 4. The van der Waals surface area contributed by atoms with Gasteiger partial charge in [0.15, 0.2) is 0 Å². The van der Waals surface area contributed by atoms with Crippen molar-refractivity contribution < 1.29 is 4.74 Å². The molecule has 7 nitrogen and oxygen atoms in total. The van der Waals surface area contributed by atoms with Crippen molar-refractivity contribution in [2.24, 2.45) is 0 Å². The van der Waals surface area contributed by atoms with Gasteiger partial charge in [0.25, 0.3) is 0 Å². The molecular weight excluding hydrogens is 312 g/mol. The summed E-state index contributed by atoms with van der Waals surface area (Å²) >= 11 is 1.55. The van der Waals surface area contributed by atoms with Gasteiger partial charge in [-0.2, -0.15) is 0 Å². The van der Waals surface area contributed by atoms with Crippen LogP contribution >= 0.6 is 11.3 Å². The predicted octanol–water partition coefficient (Wildman–Crippen LogP) is 1.80. The van der Waals surface area contributed by atoms with Crippen LogP contribution in [0.15, 0.2) is 36.0 Å². The van der Waals surface area contributed by atoms with Crippen LogP contribution in [0.1, 0.15) is 0 Å². The molecule has 0 spiro atoms. The topological polar surface area (TPSA) is 76.1 Å². The van der Waals surface area contributed by atoms with Gasteiger partial charge in [0.2, 0.25) is 5.13 Å². The Morgan fingerprint density at radius 3 is 3.09 bits per heavy atom. The molecule has 0 saturated carbocycles. The van der Waals surface area contributed by atoms with Gasteiger partial charge in [0.1, 0.15) is 11.3 Å². The van der Waals surface area contributed by atoms with Crippen LogP contribution in [0.2, 0.25) is 0 Å². The van der Waals surface area contributed by atoms with Crippen molar-refractivity contribution in [2.75, 3.05) is 36.5 Å². The monoisotopic (exact) mass is 328 g/mol. The maximum Gasteiger partial charge on any atom is 0.208 e. The van der Waals surface area contributed by atoms with E-state index in [1.807, 2.05) is 24.3 Å². The lowest BCUT2D eigenvalue weighted by Gasteiger charge is -2.32. The number of ether oxygens (including phenoxy) is 1. The third-order valence-electron chi connectivity index (χ3n) is 3.72. The number of hydrogen-bond acceptors (Lipinski definition) is 8. The molecule has 8 heteroatoms. The molecule has 4 rings (SSSR count). The van der Waals surface area contributed by atoms with Gasteiger partial charge in [-0.1, -0.05) is 23.5 Å². The molecule has 0 radical (unpaired) electrons. The average Bonchev–Trinajstić information content (AvgIpc) is 3.15. The summed E-state index contributed by atoms with van der Waals surface area (Å²) in [7, 11) is 0. The molecule has 1 aliphatic heterocycles. The van der Waals surface area contributed by atoms with E-state index in [9.17, 15) is 0 Å². The van der Waals surface area contributed by atoms with Crippen LogP contribution in [0.5, 0.6) is 0 Å². The molecule has 0 amide bonds. The zero-order valence-corrected chi connectivity index (χ0v) is 13.2. The highest BCUT2D eigenvalue weighted by atomic mass is 32.1. The number of anilines is 2. The first-order valence-corrected chi connectivity index (χ1v) is 8.35. The van der Waals surface area contributed by atoms with Gasteiger partial charge in [0, 0.05) is 19.6 Å². The summed E-state index contributed by atoms with van der Waals surface area (Å²) in [4.78, 5) is 11.2. The zero-order valence-electron chi connectivity index (χ0n) is 12.4. The SMILES string of the molecule is c1ccc2nc(NC[C@@H]3CN(c4nncs4)CCO3)cnc2c1. The molecular formula is C15H16N6OS. The summed E-state index contributed by atoms with van der Waals surface area (Å²) in [5.41, 5.74) is 3.54. The number of nitrogens with one attached hydrogen (secondary N) is 1. The van der Waals surface area contributed by atoms with Crippen molar-refractivity contribution in [3.8, 4) is 0 Å². The van der Waals surface area contributed by atoms with Crippen LogP contribution in [0.3, 0.4) is 0 Å². The van der Waals surface area contributed by atoms with E-state index in [-0.39, 0.29) is 6.10 Å². The summed E-state index contributed by atoms with van der Waals surface area (Å²) in [6.45, 7) is 3.02. The highest BCUT2D eigenvalue weighted by Crippen LogP contribution is 2.19. The fraction of sp³-hybridized carbons (Fsp3) is 0.333. The van der Waals surface area contributed by atoms with E-state index in [4.69, 9.17) is 4.74 Å². The molecule has 1 N–H and O–H groups in total. The van der Waals surface area contributed by atoms with E-state index in [1.165, 1.54) is 0 Å². The third-order valence-corrected chi connectivity index (χ3v) is 4.47. The lowest BCUT2D eigenvalue weighted by atomic mass is 10.3. The summed E-state index contributed by atoms with van der Waals surface area (Å²) < 4.78 is 5.82. The van der Waals surface area contributed by atoms with E-state index < -0.39 is 0 Å². The molecule has 1 aromatic carbocycles. The van der Waals surface area contributed by atoms with Crippen LogP contribution in [0.4, 0.5) is 10.9 Å². The molecule has 1 aliphatic rings. The van der Waals surface area contributed by atoms with Crippen molar-refractivity contribution >= 4 is 33.3 Å². The first kappa shape index (κ1) is 14.3. The summed E-state index contributed by atoms with van der Waals surface area (Å²) in [6.07, 6.45) is 1.84. The van der Waals surface area contributed by atoms with E-state index in [0.29, 0.717) is 13.2 Å². The largest absolute Gasteiger partial charge is 0.373 e. The minimum absolute atomic E-state index is 0.0842. The average molecular weight is 328 g/mol. The van der Waals surface area contributed by atoms with Crippen molar-refractivity contribution in [1.29, 1.82) is 0 Å². The Morgan fingerprint density at radius 2 is 2.22 bits per heavy atom. The fourth-order valence-corrected chi connectivity index (χ4v) is 3.18. The molecule has 23 heavy (non-hydrogen) atoms. The Labute approximate surface area is 137 Å². The maximum atomic E-state index is 5.82. The van der Waals surface area contributed by atoms with Gasteiger partial charge >= 0.3 is 0 Å². The lowest BCUT2D eigenvalue weighted by molar-refractivity contribution is 0.0491. The van der Waals surface area contributed by atoms with E-state index >= 15 is 0 Å². The molecule has 2 aromatic heterocycles. The minimum atomic E-state index is 0.0842.